The normalized spacial score (nSPS) is 10.7. The van der Waals surface area contributed by atoms with Gasteiger partial charge in [-0.2, -0.15) is 5.10 Å². The lowest BCUT2D eigenvalue weighted by atomic mass is 10.2. The van der Waals surface area contributed by atoms with E-state index in [0.717, 1.165) is 11.1 Å². The number of rotatable bonds is 9. The van der Waals surface area contributed by atoms with E-state index in [1.54, 1.807) is 30.5 Å². The first-order chi connectivity index (χ1) is 16.7. The second-order valence-electron chi connectivity index (χ2n) is 7.45. The highest BCUT2D eigenvalue weighted by molar-refractivity contribution is 6.30. The van der Waals surface area contributed by atoms with Gasteiger partial charge in [0.1, 0.15) is 24.7 Å². The molecule has 0 saturated carbocycles. The zero-order chi connectivity index (χ0) is 23.6. The Morgan fingerprint density at radius 3 is 2.06 bits per heavy atom. The number of halogens is 1. The van der Waals surface area contributed by atoms with E-state index in [0.29, 0.717) is 40.9 Å². The molecule has 0 atom stereocenters. The van der Waals surface area contributed by atoms with Crippen molar-refractivity contribution in [2.45, 2.75) is 13.2 Å². The van der Waals surface area contributed by atoms with Crippen LogP contribution in [-0.2, 0) is 13.2 Å². The molecular formula is C28H23ClN2O3. The number of hydrogen-bond acceptors (Lipinski definition) is 4. The van der Waals surface area contributed by atoms with Gasteiger partial charge in [-0.3, -0.25) is 4.79 Å². The number of hydrazone groups is 1. The molecule has 4 aromatic carbocycles. The zero-order valence-corrected chi connectivity index (χ0v) is 19.1. The van der Waals surface area contributed by atoms with E-state index in [1.165, 1.54) is 0 Å². The largest absolute Gasteiger partial charge is 0.489 e. The van der Waals surface area contributed by atoms with Crippen molar-refractivity contribution in [3.05, 3.63) is 130 Å². The van der Waals surface area contributed by atoms with Gasteiger partial charge in [-0.1, -0.05) is 72.3 Å². The van der Waals surface area contributed by atoms with Gasteiger partial charge in [-0.25, -0.2) is 5.43 Å². The smallest absolute Gasteiger partial charge is 0.271 e. The molecule has 0 aliphatic heterocycles. The van der Waals surface area contributed by atoms with Gasteiger partial charge in [0, 0.05) is 22.2 Å². The van der Waals surface area contributed by atoms with Crippen LogP contribution in [0, 0.1) is 0 Å². The summed E-state index contributed by atoms with van der Waals surface area (Å²) in [5, 5.41) is 4.67. The molecule has 4 aromatic rings. The van der Waals surface area contributed by atoms with Gasteiger partial charge >= 0.3 is 0 Å². The van der Waals surface area contributed by atoms with Gasteiger partial charge in [0.05, 0.1) is 6.21 Å². The minimum absolute atomic E-state index is 0.331. The Morgan fingerprint density at radius 2 is 1.41 bits per heavy atom. The van der Waals surface area contributed by atoms with Crippen molar-refractivity contribution in [3.63, 3.8) is 0 Å². The highest BCUT2D eigenvalue weighted by Gasteiger charge is 2.08. The number of ether oxygens (including phenoxy) is 2. The van der Waals surface area contributed by atoms with Crippen molar-refractivity contribution >= 4 is 23.7 Å². The third-order valence-corrected chi connectivity index (χ3v) is 5.20. The van der Waals surface area contributed by atoms with Gasteiger partial charge in [0.15, 0.2) is 0 Å². The molecule has 0 bridgehead atoms. The number of benzene rings is 4. The van der Waals surface area contributed by atoms with Gasteiger partial charge in [-0.15, -0.1) is 0 Å². The first-order valence-electron chi connectivity index (χ1n) is 10.7. The standard InChI is InChI=1S/C28H23ClN2O3/c29-25-14-11-23(12-15-25)28(32)31-30-18-24-13-16-26(33-19-21-7-3-1-4-8-21)17-27(24)34-20-22-9-5-2-6-10-22/h1-18H,19-20H2,(H,31,32)/b30-18+. The molecule has 0 aliphatic carbocycles. The summed E-state index contributed by atoms with van der Waals surface area (Å²) in [6.07, 6.45) is 1.55. The lowest BCUT2D eigenvalue weighted by Crippen LogP contribution is -2.17. The summed E-state index contributed by atoms with van der Waals surface area (Å²) in [4.78, 5) is 12.3. The first kappa shape index (κ1) is 23.1. The van der Waals surface area contributed by atoms with Crippen LogP contribution in [0.25, 0.3) is 0 Å². The van der Waals surface area contributed by atoms with Crippen LogP contribution in [0.15, 0.2) is 108 Å². The minimum atomic E-state index is -0.331. The predicted octanol–water partition coefficient (Wildman–Crippen LogP) is 6.26. The quantitative estimate of drug-likeness (QED) is 0.232. The van der Waals surface area contributed by atoms with Gasteiger partial charge in [0.25, 0.3) is 5.91 Å². The van der Waals surface area contributed by atoms with Crippen LogP contribution in [0.5, 0.6) is 11.5 Å². The fourth-order valence-electron chi connectivity index (χ4n) is 3.14. The van der Waals surface area contributed by atoms with Crippen LogP contribution in [0.4, 0.5) is 0 Å². The summed E-state index contributed by atoms with van der Waals surface area (Å²) >= 11 is 5.88. The van der Waals surface area contributed by atoms with Crippen molar-refractivity contribution in [2.75, 3.05) is 0 Å². The maximum absolute atomic E-state index is 12.3. The average Bonchev–Trinajstić information content (AvgIpc) is 2.88. The number of nitrogens with zero attached hydrogens (tertiary/aromatic N) is 1. The molecule has 4 rings (SSSR count). The van der Waals surface area contributed by atoms with Crippen LogP contribution in [0.2, 0.25) is 5.02 Å². The maximum atomic E-state index is 12.3. The van der Waals surface area contributed by atoms with Crippen LogP contribution in [0.3, 0.4) is 0 Å². The Kier molecular flexibility index (Phi) is 7.93. The van der Waals surface area contributed by atoms with Gasteiger partial charge < -0.3 is 9.47 Å². The molecule has 170 valence electrons. The number of carbonyl (C=O) groups is 1. The molecule has 1 N–H and O–H groups in total. The lowest BCUT2D eigenvalue weighted by molar-refractivity contribution is 0.0955. The summed E-state index contributed by atoms with van der Waals surface area (Å²) in [5.74, 6) is 0.940. The van der Waals surface area contributed by atoms with E-state index in [4.69, 9.17) is 21.1 Å². The van der Waals surface area contributed by atoms with Crippen molar-refractivity contribution in [1.82, 2.24) is 5.43 Å². The van der Waals surface area contributed by atoms with Crippen molar-refractivity contribution in [2.24, 2.45) is 5.10 Å². The third-order valence-electron chi connectivity index (χ3n) is 4.95. The highest BCUT2D eigenvalue weighted by Crippen LogP contribution is 2.25. The lowest BCUT2D eigenvalue weighted by Gasteiger charge is -2.12. The summed E-state index contributed by atoms with van der Waals surface area (Å²) in [7, 11) is 0. The highest BCUT2D eigenvalue weighted by atomic mass is 35.5. The predicted molar refractivity (Wildman–Crippen MR) is 135 cm³/mol. The Bertz CT molecular complexity index is 1240. The number of hydrogen-bond donors (Lipinski definition) is 1. The van der Waals surface area contributed by atoms with E-state index in [-0.39, 0.29) is 5.91 Å². The van der Waals surface area contributed by atoms with Crippen LogP contribution in [0.1, 0.15) is 27.0 Å². The zero-order valence-electron chi connectivity index (χ0n) is 18.4. The van der Waals surface area contributed by atoms with Crippen molar-refractivity contribution < 1.29 is 14.3 Å². The Hall–Kier alpha value is -4.09. The molecule has 0 aromatic heterocycles. The molecule has 0 unspecified atom stereocenters. The molecule has 0 heterocycles. The van der Waals surface area contributed by atoms with E-state index in [1.807, 2.05) is 78.9 Å². The fraction of sp³-hybridized carbons (Fsp3) is 0.0714. The number of carbonyl (C=O) groups excluding carboxylic acids is 1. The molecule has 1 amide bonds. The van der Waals surface area contributed by atoms with E-state index in [2.05, 4.69) is 10.5 Å². The molecule has 34 heavy (non-hydrogen) atoms. The number of nitrogens with one attached hydrogen (secondary N) is 1. The van der Waals surface area contributed by atoms with Crippen LogP contribution in [-0.4, -0.2) is 12.1 Å². The summed E-state index contributed by atoms with van der Waals surface area (Å²) < 4.78 is 12.0. The second-order valence-corrected chi connectivity index (χ2v) is 7.89. The third kappa shape index (κ3) is 6.70. The summed E-state index contributed by atoms with van der Waals surface area (Å²) in [6.45, 7) is 0.838. The molecule has 0 radical (unpaired) electrons. The average molecular weight is 471 g/mol. The number of amides is 1. The molecule has 0 saturated heterocycles. The van der Waals surface area contributed by atoms with E-state index in [9.17, 15) is 4.79 Å². The monoisotopic (exact) mass is 470 g/mol. The molecular weight excluding hydrogens is 448 g/mol. The second kappa shape index (κ2) is 11.7. The van der Waals surface area contributed by atoms with Gasteiger partial charge in [-0.05, 0) is 47.5 Å². The van der Waals surface area contributed by atoms with Crippen LogP contribution < -0.4 is 14.9 Å². The first-order valence-corrected chi connectivity index (χ1v) is 11.1. The van der Waals surface area contributed by atoms with Crippen molar-refractivity contribution in [1.29, 1.82) is 0 Å². The molecule has 0 fully saturated rings. The minimum Gasteiger partial charge on any atom is -0.489 e. The molecule has 0 spiro atoms. The SMILES string of the molecule is O=C(N/N=C/c1ccc(OCc2ccccc2)cc1OCc1ccccc1)c1ccc(Cl)cc1. The Morgan fingerprint density at radius 1 is 0.794 bits per heavy atom. The maximum Gasteiger partial charge on any atom is 0.271 e. The summed E-state index contributed by atoms with van der Waals surface area (Å²) in [5.41, 5.74) is 5.81. The Labute approximate surface area is 203 Å². The molecule has 6 heteroatoms. The topological polar surface area (TPSA) is 59.9 Å². The molecule has 5 nitrogen and oxygen atoms in total. The molecule has 0 aliphatic rings. The van der Waals surface area contributed by atoms with Gasteiger partial charge in [0.2, 0.25) is 0 Å². The van der Waals surface area contributed by atoms with Crippen LogP contribution >= 0.6 is 11.6 Å². The van der Waals surface area contributed by atoms with E-state index >= 15 is 0 Å². The van der Waals surface area contributed by atoms with Crippen molar-refractivity contribution in [3.8, 4) is 11.5 Å². The Balaban J connectivity index is 1.47. The summed E-state index contributed by atoms with van der Waals surface area (Å²) in [6, 6.07) is 31.9. The van der Waals surface area contributed by atoms with E-state index < -0.39 is 0 Å². The fourth-order valence-corrected chi connectivity index (χ4v) is 3.26.